The average molecular weight is 384 g/mol. The number of nitro groups is 2. The topological polar surface area (TPSA) is 151 Å². The number of hydrogen-bond donors (Lipinski definition) is 1. The molecule has 1 unspecified atom stereocenters. The van der Waals surface area contributed by atoms with E-state index in [1.54, 1.807) is 0 Å². The summed E-state index contributed by atoms with van der Waals surface area (Å²) in [5.41, 5.74) is -0.724. The summed E-state index contributed by atoms with van der Waals surface area (Å²) in [5, 5.41) is 21.5. The van der Waals surface area contributed by atoms with Crippen LogP contribution < -0.4 is 19.3 Å². The maximum absolute atomic E-state index is 12.5. The first-order chi connectivity index (χ1) is 12.2. The lowest BCUT2D eigenvalue weighted by Crippen LogP contribution is -2.10. The molecule has 0 spiro atoms. The van der Waals surface area contributed by atoms with Crippen LogP contribution in [0.1, 0.15) is 0 Å². The van der Waals surface area contributed by atoms with Gasteiger partial charge < -0.3 is 18.9 Å². The molecule has 11 nitrogen and oxygen atoms in total. The van der Waals surface area contributed by atoms with Crippen molar-refractivity contribution in [3.63, 3.8) is 0 Å². The largest absolute Gasteiger partial charge is 0.490 e. The summed E-state index contributed by atoms with van der Waals surface area (Å²) in [6.45, 7) is 0. The zero-order valence-electron chi connectivity index (χ0n) is 13.5. The van der Waals surface area contributed by atoms with Crippen molar-refractivity contribution in [1.82, 2.24) is 0 Å². The summed E-state index contributed by atoms with van der Waals surface area (Å²) in [6.07, 6.45) is 0. The van der Waals surface area contributed by atoms with E-state index in [9.17, 15) is 29.7 Å². The molecule has 0 saturated carbocycles. The number of methoxy groups -OCH3 is 2. The van der Waals surface area contributed by atoms with Gasteiger partial charge in [0.15, 0.2) is 5.75 Å². The van der Waals surface area contributed by atoms with Crippen molar-refractivity contribution in [2.45, 2.75) is 0 Å². The van der Waals surface area contributed by atoms with Crippen molar-refractivity contribution < 1.29 is 33.3 Å². The van der Waals surface area contributed by atoms with Gasteiger partial charge in [-0.25, -0.2) is 4.57 Å². The molecular weight excluding hydrogens is 371 g/mol. The molecular formula is C14H13N2O9P. The van der Waals surface area contributed by atoms with Crippen LogP contribution in [0.4, 0.5) is 11.4 Å². The van der Waals surface area contributed by atoms with Crippen molar-refractivity contribution in [2.24, 2.45) is 0 Å². The predicted octanol–water partition coefficient (Wildman–Crippen LogP) is 2.41. The molecule has 2 rings (SSSR count). The Morgan fingerprint density at radius 1 is 0.923 bits per heavy atom. The fourth-order valence-electron chi connectivity index (χ4n) is 2.05. The van der Waals surface area contributed by atoms with Gasteiger partial charge in [0.2, 0.25) is 5.75 Å². The van der Waals surface area contributed by atoms with Gasteiger partial charge in [-0.2, -0.15) is 0 Å². The Morgan fingerprint density at radius 3 is 1.92 bits per heavy atom. The molecule has 0 bridgehead atoms. The molecule has 0 aliphatic heterocycles. The number of benzene rings is 2. The smallest absolute Gasteiger partial charge is 0.408 e. The summed E-state index contributed by atoms with van der Waals surface area (Å²) >= 11 is 0. The Labute approximate surface area is 146 Å². The molecule has 0 heterocycles. The molecule has 0 aromatic heterocycles. The van der Waals surface area contributed by atoms with Crippen molar-refractivity contribution in [2.75, 3.05) is 14.2 Å². The summed E-state index contributed by atoms with van der Waals surface area (Å²) in [7, 11) is -2.08. The van der Waals surface area contributed by atoms with Gasteiger partial charge in [0.25, 0.3) is 0 Å². The highest BCUT2D eigenvalue weighted by Crippen LogP contribution is 2.45. The SMILES string of the molecule is COc1cc(OP(=O)(O)c2ccc([N+](=O)[O-])c(OC)c2)ccc1[N+](=O)[O-]. The van der Waals surface area contributed by atoms with E-state index in [1.165, 1.54) is 14.2 Å². The monoisotopic (exact) mass is 384 g/mol. The highest BCUT2D eigenvalue weighted by Gasteiger charge is 2.29. The maximum atomic E-state index is 12.5. The molecule has 2 aromatic rings. The van der Waals surface area contributed by atoms with Crippen LogP contribution in [0.2, 0.25) is 0 Å². The lowest BCUT2D eigenvalue weighted by atomic mass is 10.3. The van der Waals surface area contributed by atoms with Crippen LogP contribution in [0.25, 0.3) is 0 Å². The van der Waals surface area contributed by atoms with E-state index in [4.69, 9.17) is 14.0 Å². The van der Waals surface area contributed by atoms with E-state index in [0.717, 1.165) is 36.4 Å². The van der Waals surface area contributed by atoms with Gasteiger partial charge in [0, 0.05) is 24.3 Å². The summed E-state index contributed by atoms with van der Waals surface area (Å²) < 4.78 is 27.2. The van der Waals surface area contributed by atoms with E-state index >= 15 is 0 Å². The van der Waals surface area contributed by atoms with Gasteiger partial charge in [-0.1, -0.05) is 0 Å². The Hall–Kier alpha value is -3.17. The fraction of sp³-hybridized carbons (Fsp3) is 0.143. The standard InChI is InChI=1S/C14H13N2O9P/c1-23-13-7-9(3-5-11(13)15(17)18)25-26(21,22)10-4-6-12(16(19)20)14(8-10)24-2/h3-8H,1-2H3,(H,21,22). The summed E-state index contributed by atoms with van der Waals surface area (Å²) in [4.78, 5) is 30.5. The van der Waals surface area contributed by atoms with Gasteiger partial charge in [0.1, 0.15) is 5.75 Å². The molecule has 0 aliphatic carbocycles. The first-order valence-corrected chi connectivity index (χ1v) is 8.45. The Kier molecular flexibility index (Phi) is 5.44. The van der Waals surface area contributed by atoms with Crippen LogP contribution in [0.3, 0.4) is 0 Å². The normalized spacial score (nSPS) is 12.7. The Bertz CT molecular complexity index is 915. The van der Waals surface area contributed by atoms with Crippen molar-refractivity contribution in [1.29, 1.82) is 0 Å². The molecule has 0 fully saturated rings. The summed E-state index contributed by atoms with van der Waals surface area (Å²) in [6, 6.07) is 6.36. The van der Waals surface area contributed by atoms with Crippen molar-refractivity contribution in [3.05, 3.63) is 56.6 Å². The number of nitrogens with zero attached hydrogens (tertiary/aromatic N) is 2. The van der Waals surface area contributed by atoms with Crippen molar-refractivity contribution in [3.8, 4) is 17.2 Å². The molecule has 138 valence electrons. The number of nitro benzene ring substituents is 2. The highest BCUT2D eigenvalue weighted by atomic mass is 31.2. The first-order valence-electron chi connectivity index (χ1n) is 6.87. The third-order valence-electron chi connectivity index (χ3n) is 3.26. The lowest BCUT2D eigenvalue weighted by Gasteiger charge is -2.15. The van der Waals surface area contributed by atoms with Gasteiger partial charge >= 0.3 is 19.0 Å². The predicted molar refractivity (Wildman–Crippen MR) is 89.4 cm³/mol. The third-order valence-corrected chi connectivity index (χ3v) is 4.65. The molecule has 1 N–H and O–H groups in total. The molecule has 0 aliphatic rings. The van der Waals surface area contributed by atoms with E-state index in [2.05, 4.69) is 0 Å². The van der Waals surface area contributed by atoms with Gasteiger partial charge in [-0.15, -0.1) is 0 Å². The second-order valence-corrected chi connectivity index (χ2v) is 6.56. The van der Waals surface area contributed by atoms with Gasteiger partial charge in [0.05, 0.1) is 29.4 Å². The van der Waals surface area contributed by atoms with Crippen LogP contribution >= 0.6 is 7.60 Å². The second-order valence-electron chi connectivity index (χ2n) is 4.82. The lowest BCUT2D eigenvalue weighted by molar-refractivity contribution is -0.385. The van der Waals surface area contributed by atoms with Crippen LogP contribution in [0.5, 0.6) is 17.2 Å². The third kappa shape index (κ3) is 3.90. The van der Waals surface area contributed by atoms with Crippen LogP contribution in [0, 0.1) is 20.2 Å². The average Bonchev–Trinajstić information content (AvgIpc) is 2.60. The van der Waals surface area contributed by atoms with E-state index in [1.807, 2.05) is 0 Å². The molecule has 0 amide bonds. The van der Waals surface area contributed by atoms with Crippen LogP contribution in [0.15, 0.2) is 36.4 Å². The minimum Gasteiger partial charge on any atom is -0.490 e. The number of ether oxygens (including phenoxy) is 2. The molecule has 26 heavy (non-hydrogen) atoms. The quantitative estimate of drug-likeness (QED) is 0.431. The van der Waals surface area contributed by atoms with E-state index in [-0.39, 0.29) is 33.9 Å². The van der Waals surface area contributed by atoms with Crippen LogP contribution in [-0.4, -0.2) is 29.0 Å². The van der Waals surface area contributed by atoms with Crippen molar-refractivity contribution >= 4 is 24.3 Å². The first kappa shape index (κ1) is 19.2. The molecule has 0 saturated heterocycles. The van der Waals surface area contributed by atoms with E-state index in [0.29, 0.717) is 0 Å². The zero-order chi connectivity index (χ0) is 19.5. The molecule has 12 heteroatoms. The number of hydrogen-bond acceptors (Lipinski definition) is 8. The summed E-state index contributed by atoms with van der Waals surface area (Å²) in [5.74, 6) is -0.531. The fourth-order valence-corrected chi connectivity index (χ4v) is 3.10. The molecule has 1 atom stereocenters. The molecule has 0 radical (unpaired) electrons. The molecule has 2 aromatic carbocycles. The second kappa shape index (κ2) is 7.38. The Balaban J connectivity index is 2.38. The number of rotatable bonds is 7. The Morgan fingerprint density at radius 2 is 1.42 bits per heavy atom. The highest BCUT2D eigenvalue weighted by molar-refractivity contribution is 7.61. The van der Waals surface area contributed by atoms with Gasteiger partial charge in [-0.05, 0) is 12.1 Å². The van der Waals surface area contributed by atoms with E-state index < -0.39 is 17.4 Å². The minimum atomic E-state index is -4.45. The maximum Gasteiger partial charge on any atom is 0.408 e. The van der Waals surface area contributed by atoms with Gasteiger partial charge in [-0.3, -0.25) is 20.2 Å². The minimum absolute atomic E-state index is 0.157. The zero-order valence-corrected chi connectivity index (χ0v) is 14.4. The van der Waals surface area contributed by atoms with Crippen LogP contribution in [-0.2, 0) is 4.57 Å².